The van der Waals surface area contributed by atoms with Crippen molar-refractivity contribution in [3.63, 3.8) is 0 Å². The van der Waals surface area contributed by atoms with Gasteiger partial charge in [0.15, 0.2) is 0 Å². The third kappa shape index (κ3) is 3.51. The van der Waals surface area contributed by atoms with E-state index in [1.54, 1.807) is 11.3 Å². The Morgan fingerprint density at radius 3 is 2.94 bits per heavy atom. The van der Waals surface area contributed by atoms with Crippen molar-refractivity contribution in [1.82, 2.24) is 15.2 Å². The van der Waals surface area contributed by atoms with Gasteiger partial charge in [0.2, 0.25) is 5.91 Å². The predicted molar refractivity (Wildman–Crippen MR) is 70.7 cm³/mol. The third-order valence-electron chi connectivity index (χ3n) is 2.93. The van der Waals surface area contributed by atoms with Crippen molar-refractivity contribution in [1.29, 1.82) is 0 Å². The number of ether oxygens (including phenoxy) is 1. The zero-order valence-electron chi connectivity index (χ0n) is 10.8. The maximum Gasteiger partial charge on any atom is 0.236 e. The number of aromatic nitrogens is 1. The number of nitrogens with one attached hydrogen (secondary N) is 1. The number of hydrogen-bond donors (Lipinski definition) is 1. The van der Waals surface area contributed by atoms with Crippen molar-refractivity contribution in [3.05, 3.63) is 16.1 Å². The molecule has 0 radical (unpaired) electrons. The SMILES string of the molecule is Cc1csc(C(C)NCC(=O)N2CCOCC2)n1. The Balaban J connectivity index is 1.78. The normalized spacial score (nSPS) is 17.8. The summed E-state index contributed by atoms with van der Waals surface area (Å²) in [5.74, 6) is 0.137. The average molecular weight is 269 g/mol. The number of amides is 1. The molecule has 1 aliphatic rings. The van der Waals surface area contributed by atoms with Crippen LogP contribution in [0.1, 0.15) is 23.7 Å². The Labute approximate surface area is 111 Å². The van der Waals surface area contributed by atoms with E-state index in [4.69, 9.17) is 4.74 Å². The minimum atomic E-state index is 0.119. The quantitative estimate of drug-likeness (QED) is 0.884. The lowest BCUT2D eigenvalue weighted by Gasteiger charge is -2.27. The van der Waals surface area contributed by atoms with E-state index >= 15 is 0 Å². The minimum Gasteiger partial charge on any atom is -0.378 e. The van der Waals surface area contributed by atoms with Gasteiger partial charge in [-0.05, 0) is 13.8 Å². The summed E-state index contributed by atoms with van der Waals surface area (Å²) >= 11 is 1.63. The molecule has 1 aromatic heterocycles. The molecule has 2 rings (SSSR count). The largest absolute Gasteiger partial charge is 0.378 e. The Morgan fingerprint density at radius 2 is 2.33 bits per heavy atom. The molecule has 0 bridgehead atoms. The molecule has 100 valence electrons. The van der Waals surface area contributed by atoms with E-state index in [2.05, 4.69) is 10.3 Å². The second-order valence-electron chi connectivity index (χ2n) is 4.42. The molecule has 1 atom stereocenters. The fourth-order valence-electron chi connectivity index (χ4n) is 1.82. The van der Waals surface area contributed by atoms with Crippen LogP contribution in [-0.2, 0) is 9.53 Å². The van der Waals surface area contributed by atoms with E-state index in [0.29, 0.717) is 32.8 Å². The van der Waals surface area contributed by atoms with Crippen molar-refractivity contribution in [2.75, 3.05) is 32.8 Å². The van der Waals surface area contributed by atoms with Gasteiger partial charge in [-0.1, -0.05) is 0 Å². The molecule has 18 heavy (non-hydrogen) atoms. The molecule has 5 nitrogen and oxygen atoms in total. The van der Waals surface area contributed by atoms with Gasteiger partial charge in [-0.25, -0.2) is 4.98 Å². The number of morpholine rings is 1. The van der Waals surface area contributed by atoms with Crippen molar-refractivity contribution >= 4 is 17.2 Å². The first kappa shape index (κ1) is 13.5. The fraction of sp³-hybridized carbons (Fsp3) is 0.667. The number of carbonyl (C=O) groups excluding carboxylic acids is 1. The van der Waals surface area contributed by atoms with E-state index in [0.717, 1.165) is 10.7 Å². The number of nitrogens with zero attached hydrogens (tertiary/aromatic N) is 2. The van der Waals surface area contributed by atoms with Crippen LogP contribution in [0.25, 0.3) is 0 Å². The lowest BCUT2D eigenvalue weighted by atomic mass is 10.3. The van der Waals surface area contributed by atoms with Crippen LogP contribution in [0.5, 0.6) is 0 Å². The van der Waals surface area contributed by atoms with Gasteiger partial charge in [0.05, 0.1) is 25.8 Å². The Morgan fingerprint density at radius 1 is 1.61 bits per heavy atom. The molecule has 1 unspecified atom stereocenters. The molecule has 0 spiro atoms. The first-order valence-corrected chi connectivity index (χ1v) is 7.05. The molecule has 0 saturated carbocycles. The molecule has 0 aliphatic carbocycles. The van der Waals surface area contributed by atoms with E-state index in [-0.39, 0.29) is 11.9 Å². The summed E-state index contributed by atoms with van der Waals surface area (Å²) in [5, 5.41) is 6.28. The van der Waals surface area contributed by atoms with Crippen LogP contribution < -0.4 is 5.32 Å². The van der Waals surface area contributed by atoms with Crippen LogP contribution in [0.3, 0.4) is 0 Å². The van der Waals surface area contributed by atoms with E-state index in [1.807, 2.05) is 24.1 Å². The number of rotatable bonds is 4. The number of aryl methyl sites for hydroxylation is 1. The highest BCUT2D eigenvalue weighted by atomic mass is 32.1. The predicted octanol–water partition coefficient (Wildman–Crippen LogP) is 0.961. The third-order valence-corrected chi connectivity index (χ3v) is 4.08. The van der Waals surface area contributed by atoms with Gasteiger partial charge >= 0.3 is 0 Å². The fourth-order valence-corrected chi connectivity index (χ4v) is 2.65. The summed E-state index contributed by atoms with van der Waals surface area (Å²) in [6.45, 7) is 7.06. The molecule has 2 heterocycles. The smallest absolute Gasteiger partial charge is 0.236 e. The second-order valence-corrected chi connectivity index (χ2v) is 5.31. The van der Waals surface area contributed by atoms with Crippen molar-refractivity contribution < 1.29 is 9.53 Å². The lowest BCUT2D eigenvalue weighted by Crippen LogP contribution is -2.45. The zero-order valence-corrected chi connectivity index (χ0v) is 11.6. The molecule has 1 saturated heterocycles. The van der Waals surface area contributed by atoms with Crippen LogP contribution in [0.2, 0.25) is 0 Å². The molecule has 0 aromatic carbocycles. The van der Waals surface area contributed by atoms with E-state index in [1.165, 1.54) is 0 Å². The Kier molecular flexibility index (Phi) is 4.68. The highest BCUT2D eigenvalue weighted by Gasteiger charge is 2.18. The van der Waals surface area contributed by atoms with Gasteiger partial charge < -0.3 is 9.64 Å². The van der Waals surface area contributed by atoms with Gasteiger partial charge in [-0.3, -0.25) is 10.1 Å². The highest BCUT2D eigenvalue weighted by molar-refractivity contribution is 7.09. The molecule has 1 N–H and O–H groups in total. The number of carbonyl (C=O) groups is 1. The summed E-state index contributed by atoms with van der Waals surface area (Å²) in [6.07, 6.45) is 0. The summed E-state index contributed by atoms with van der Waals surface area (Å²) in [4.78, 5) is 18.2. The summed E-state index contributed by atoms with van der Waals surface area (Å²) in [7, 11) is 0. The van der Waals surface area contributed by atoms with Crippen LogP contribution >= 0.6 is 11.3 Å². The minimum absolute atomic E-state index is 0.119. The van der Waals surface area contributed by atoms with Crippen molar-refractivity contribution in [3.8, 4) is 0 Å². The van der Waals surface area contributed by atoms with Gasteiger partial charge in [0, 0.05) is 24.2 Å². The topological polar surface area (TPSA) is 54.5 Å². The molecular formula is C12H19N3O2S. The van der Waals surface area contributed by atoms with Crippen molar-refractivity contribution in [2.45, 2.75) is 19.9 Å². The standard InChI is InChI=1S/C12H19N3O2S/c1-9-8-18-12(14-9)10(2)13-7-11(16)15-3-5-17-6-4-15/h8,10,13H,3-7H2,1-2H3. The monoisotopic (exact) mass is 269 g/mol. The van der Waals surface area contributed by atoms with Gasteiger partial charge in [-0.2, -0.15) is 0 Å². The van der Waals surface area contributed by atoms with E-state index < -0.39 is 0 Å². The summed E-state index contributed by atoms with van der Waals surface area (Å²) < 4.78 is 5.22. The summed E-state index contributed by atoms with van der Waals surface area (Å²) in [5.41, 5.74) is 1.03. The first-order chi connectivity index (χ1) is 8.66. The maximum absolute atomic E-state index is 11.9. The summed E-state index contributed by atoms with van der Waals surface area (Å²) in [6, 6.07) is 0.119. The second kappa shape index (κ2) is 6.26. The average Bonchev–Trinajstić information content (AvgIpc) is 2.83. The van der Waals surface area contributed by atoms with Gasteiger partial charge in [0.25, 0.3) is 0 Å². The first-order valence-electron chi connectivity index (χ1n) is 6.18. The van der Waals surface area contributed by atoms with Crippen LogP contribution in [0.4, 0.5) is 0 Å². The zero-order chi connectivity index (χ0) is 13.0. The number of hydrogen-bond acceptors (Lipinski definition) is 5. The highest BCUT2D eigenvalue weighted by Crippen LogP contribution is 2.17. The molecule has 1 fully saturated rings. The van der Waals surface area contributed by atoms with E-state index in [9.17, 15) is 4.79 Å². The van der Waals surface area contributed by atoms with Crippen LogP contribution in [-0.4, -0.2) is 48.6 Å². The molecular weight excluding hydrogens is 250 g/mol. The van der Waals surface area contributed by atoms with Crippen LogP contribution in [0, 0.1) is 6.92 Å². The lowest BCUT2D eigenvalue weighted by molar-refractivity contribution is -0.134. The maximum atomic E-state index is 11.9. The molecule has 1 aromatic rings. The van der Waals surface area contributed by atoms with Gasteiger partial charge in [-0.15, -0.1) is 11.3 Å². The van der Waals surface area contributed by atoms with Gasteiger partial charge in [0.1, 0.15) is 5.01 Å². The van der Waals surface area contributed by atoms with Crippen molar-refractivity contribution in [2.24, 2.45) is 0 Å². The molecule has 1 amide bonds. The van der Waals surface area contributed by atoms with Crippen LogP contribution in [0.15, 0.2) is 5.38 Å². The number of thiazole rings is 1. The molecule has 6 heteroatoms. The Bertz CT molecular complexity index is 402. The molecule has 1 aliphatic heterocycles. The Hall–Kier alpha value is -0.980.